The van der Waals surface area contributed by atoms with E-state index in [0.717, 1.165) is 4.90 Å². The zero-order chi connectivity index (χ0) is 30.0. The molecule has 0 unspecified atom stereocenters. The number of amides is 3. The topological polar surface area (TPSA) is 208 Å². The average molecular weight is 554 g/mol. The maximum absolute atomic E-state index is 13.3. The molecule has 1 aromatic heterocycles. The Labute approximate surface area is 226 Å². The Morgan fingerprint density at radius 2 is 1.44 bits per heavy atom. The van der Waals surface area contributed by atoms with E-state index in [2.05, 4.69) is 15.6 Å². The Morgan fingerprint density at radius 3 is 1.90 bits per heavy atom. The van der Waals surface area contributed by atoms with Crippen molar-refractivity contribution in [2.24, 2.45) is 5.92 Å². The van der Waals surface area contributed by atoms with E-state index in [-0.39, 0.29) is 25.3 Å². The van der Waals surface area contributed by atoms with Crippen molar-refractivity contribution in [3.8, 4) is 0 Å². The highest BCUT2D eigenvalue weighted by atomic mass is 16.4. The Morgan fingerprint density at radius 1 is 0.923 bits per heavy atom. The summed E-state index contributed by atoms with van der Waals surface area (Å²) in [6.07, 6.45) is 1.98. The first-order chi connectivity index (χ1) is 18.0. The Kier molecular flexibility index (Phi) is 12.1. The third-order valence-electron chi connectivity index (χ3n) is 5.85. The number of aliphatic carboxylic acids is 3. The van der Waals surface area contributed by atoms with Gasteiger partial charge in [-0.25, -0.2) is 4.98 Å². The molecule has 0 aliphatic heterocycles. The molecular weight excluding hydrogens is 514 g/mol. The summed E-state index contributed by atoms with van der Waals surface area (Å²) in [5.41, 5.74) is -2.75. The standard InChI is InChI=1S/C25H39N5O9/c1-6-25(11-22(36)37,12-23(38)39)28-19(32)14-30(13-18(31)27-24(4,5)10-21(34)35)20(33)15-29-8-7-26-17(29)9-16(2)3/h7-8,16H,6,9-15H2,1-5H3,(H,27,31)(H,28,32)(H,34,35)(H,36,37)(H,38,39). The molecule has 1 rings (SSSR count). The number of carboxylic acids is 3. The zero-order valence-electron chi connectivity index (χ0n) is 23.0. The summed E-state index contributed by atoms with van der Waals surface area (Å²) in [6, 6.07) is 0. The van der Waals surface area contributed by atoms with Crippen LogP contribution in [0.4, 0.5) is 0 Å². The van der Waals surface area contributed by atoms with Crippen LogP contribution in [0.5, 0.6) is 0 Å². The molecule has 0 aromatic carbocycles. The molecule has 3 amide bonds. The van der Waals surface area contributed by atoms with Crippen molar-refractivity contribution < 1.29 is 44.1 Å². The largest absolute Gasteiger partial charge is 0.481 e. The summed E-state index contributed by atoms with van der Waals surface area (Å²) in [6.45, 7) is 6.97. The van der Waals surface area contributed by atoms with E-state index in [9.17, 15) is 39.0 Å². The van der Waals surface area contributed by atoms with Crippen LogP contribution >= 0.6 is 0 Å². The van der Waals surface area contributed by atoms with E-state index < -0.39 is 72.6 Å². The van der Waals surface area contributed by atoms with Crippen molar-refractivity contribution in [3.63, 3.8) is 0 Å². The Hall–Kier alpha value is -3.97. The van der Waals surface area contributed by atoms with Crippen molar-refractivity contribution in [2.45, 2.75) is 84.3 Å². The molecule has 0 saturated carbocycles. The third kappa shape index (κ3) is 12.0. The second-order valence-corrected chi connectivity index (χ2v) is 10.6. The predicted octanol–water partition coefficient (Wildman–Crippen LogP) is 0.494. The van der Waals surface area contributed by atoms with E-state index in [1.807, 2.05) is 13.8 Å². The molecule has 0 aliphatic carbocycles. The van der Waals surface area contributed by atoms with Gasteiger partial charge < -0.3 is 35.4 Å². The molecule has 0 fully saturated rings. The van der Waals surface area contributed by atoms with Crippen LogP contribution in [0.1, 0.15) is 66.1 Å². The van der Waals surface area contributed by atoms with Crippen LogP contribution in [0.15, 0.2) is 12.4 Å². The molecule has 0 atom stereocenters. The Balaban J connectivity index is 3.20. The minimum Gasteiger partial charge on any atom is -0.481 e. The number of carboxylic acid groups (broad SMARTS) is 3. The number of hydrogen-bond acceptors (Lipinski definition) is 7. The van der Waals surface area contributed by atoms with Gasteiger partial charge in [0.15, 0.2) is 0 Å². The first-order valence-corrected chi connectivity index (χ1v) is 12.5. The summed E-state index contributed by atoms with van der Waals surface area (Å²) < 4.78 is 1.59. The first-order valence-electron chi connectivity index (χ1n) is 12.5. The molecule has 14 heteroatoms. The fraction of sp³-hybridized carbons (Fsp3) is 0.640. The normalized spacial score (nSPS) is 11.6. The van der Waals surface area contributed by atoms with Gasteiger partial charge in [0.2, 0.25) is 17.7 Å². The molecule has 0 aliphatic rings. The van der Waals surface area contributed by atoms with Crippen LogP contribution in [0.25, 0.3) is 0 Å². The van der Waals surface area contributed by atoms with E-state index in [0.29, 0.717) is 12.2 Å². The number of aromatic nitrogens is 2. The van der Waals surface area contributed by atoms with Gasteiger partial charge in [0.25, 0.3) is 0 Å². The number of carbonyl (C=O) groups is 6. The van der Waals surface area contributed by atoms with Crippen molar-refractivity contribution in [1.29, 1.82) is 0 Å². The van der Waals surface area contributed by atoms with E-state index in [1.54, 1.807) is 10.8 Å². The highest BCUT2D eigenvalue weighted by molar-refractivity contribution is 5.90. The summed E-state index contributed by atoms with van der Waals surface area (Å²) in [7, 11) is 0. The van der Waals surface area contributed by atoms with E-state index >= 15 is 0 Å². The second-order valence-electron chi connectivity index (χ2n) is 10.6. The van der Waals surface area contributed by atoms with Gasteiger partial charge in [0.05, 0.1) is 24.8 Å². The number of carbonyl (C=O) groups excluding carboxylic acids is 3. The predicted molar refractivity (Wildman–Crippen MR) is 137 cm³/mol. The van der Waals surface area contributed by atoms with Gasteiger partial charge in [-0.15, -0.1) is 0 Å². The molecule has 1 aromatic rings. The van der Waals surface area contributed by atoms with Crippen molar-refractivity contribution in [2.75, 3.05) is 13.1 Å². The van der Waals surface area contributed by atoms with Crippen LogP contribution < -0.4 is 10.6 Å². The molecule has 5 N–H and O–H groups in total. The summed E-state index contributed by atoms with van der Waals surface area (Å²) in [5, 5.41) is 32.6. The molecule has 218 valence electrons. The molecule has 0 saturated heterocycles. The summed E-state index contributed by atoms with van der Waals surface area (Å²) >= 11 is 0. The molecular formula is C25H39N5O9. The van der Waals surface area contributed by atoms with Crippen molar-refractivity contribution in [1.82, 2.24) is 25.1 Å². The molecule has 0 radical (unpaired) electrons. The van der Waals surface area contributed by atoms with Crippen LogP contribution in [-0.2, 0) is 41.7 Å². The minimum atomic E-state index is -1.61. The number of rotatable bonds is 17. The molecule has 0 spiro atoms. The van der Waals surface area contributed by atoms with Crippen molar-refractivity contribution in [3.05, 3.63) is 18.2 Å². The van der Waals surface area contributed by atoms with Gasteiger partial charge in [-0.2, -0.15) is 0 Å². The maximum Gasteiger partial charge on any atom is 0.305 e. The molecule has 1 heterocycles. The lowest BCUT2D eigenvalue weighted by Gasteiger charge is -2.32. The van der Waals surface area contributed by atoms with Gasteiger partial charge in [0.1, 0.15) is 25.5 Å². The SMILES string of the molecule is CCC(CC(=O)O)(CC(=O)O)NC(=O)CN(CC(=O)NC(C)(C)CC(=O)O)C(=O)Cn1ccnc1CC(C)C. The monoisotopic (exact) mass is 553 g/mol. The fourth-order valence-corrected chi connectivity index (χ4v) is 4.11. The zero-order valence-corrected chi connectivity index (χ0v) is 23.0. The fourth-order valence-electron chi connectivity index (χ4n) is 4.11. The highest BCUT2D eigenvalue weighted by Crippen LogP contribution is 2.20. The summed E-state index contributed by atoms with van der Waals surface area (Å²) in [4.78, 5) is 78.2. The van der Waals surface area contributed by atoms with Crippen LogP contribution in [0.2, 0.25) is 0 Å². The van der Waals surface area contributed by atoms with Crippen molar-refractivity contribution >= 4 is 35.6 Å². The molecule has 14 nitrogen and oxygen atoms in total. The smallest absolute Gasteiger partial charge is 0.305 e. The van der Waals surface area contributed by atoms with Gasteiger partial charge in [-0.3, -0.25) is 28.8 Å². The quantitative estimate of drug-likeness (QED) is 0.180. The average Bonchev–Trinajstić information content (AvgIpc) is 3.16. The van der Waals surface area contributed by atoms with Gasteiger partial charge in [-0.1, -0.05) is 20.8 Å². The lowest BCUT2D eigenvalue weighted by Crippen LogP contribution is -2.55. The number of hydrogen-bond donors (Lipinski definition) is 5. The highest BCUT2D eigenvalue weighted by Gasteiger charge is 2.36. The number of nitrogens with one attached hydrogen (secondary N) is 2. The minimum absolute atomic E-state index is 0.0112. The van der Waals surface area contributed by atoms with Gasteiger partial charge in [0, 0.05) is 24.4 Å². The van der Waals surface area contributed by atoms with Crippen LogP contribution in [0.3, 0.4) is 0 Å². The maximum atomic E-state index is 13.3. The summed E-state index contributed by atoms with van der Waals surface area (Å²) in [5.74, 6) is -5.09. The number of imidazole rings is 1. The lowest BCUT2D eigenvalue weighted by atomic mass is 9.88. The van der Waals surface area contributed by atoms with Gasteiger partial charge in [-0.05, 0) is 26.2 Å². The second kappa shape index (κ2) is 14.3. The lowest BCUT2D eigenvalue weighted by molar-refractivity contribution is -0.144. The molecule has 39 heavy (non-hydrogen) atoms. The van der Waals surface area contributed by atoms with Crippen LogP contribution in [0, 0.1) is 5.92 Å². The number of nitrogens with zero attached hydrogens (tertiary/aromatic N) is 3. The molecule has 0 bridgehead atoms. The van der Waals surface area contributed by atoms with Gasteiger partial charge >= 0.3 is 17.9 Å². The third-order valence-corrected chi connectivity index (χ3v) is 5.85. The van der Waals surface area contributed by atoms with E-state index in [1.165, 1.54) is 27.0 Å². The van der Waals surface area contributed by atoms with E-state index in [4.69, 9.17) is 5.11 Å². The Bertz CT molecular complexity index is 1050. The van der Waals surface area contributed by atoms with Crippen LogP contribution in [-0.4, -0.2) is 89.6 Å². The first kappa shape index (κ1) is 33.1.